The van der Waals surface area contributed by atoms with E-state index in [1.165, 1.54) is 7.11 Å². The second-order valence-electron chi connectivity index (χ2n) is 5.22. The Labute approximate surface area is 123 Å². The lowest BCUT2D eigenvalue weighted by Gasteiger charge is -2.27. The molecule has 0 aromatic heterocycles. The van der Waals surface area contributed by atoms with E-state index in [2.05, 4.69) is 19.0 Å². The Kier molecular flexibility index (Phi) is 11.7. The summed E-state index contributed by atoms with van der Waals surface area (Å²) in [5, 5.41) is 13.8. The van der Waals surface area contributed by atoms with Crippen molar-refractivity contribution >= 4 is 6.21 Å². The summed E-state index contributed by atoms with van der Waals surface area (Å²) in [6.45, 7) is 7.78. The normalized spacial score (nSPS) is 16.2. The van der Waals surface area contributed by atoms with Gasteiger partial charge in [-0.2, -0.15) is 0 Å². The monoisotopic (exact) mass is 289 g/mol. The van der Waals surface area contributed by atoms with E-state index >= 15 is 0 Å². The molecule has 0 rings (SSSR count). The summed E-state index contributed by atoms with van der Waals surface area (Å²) in [5.41, 5.74) is -0.626. The van der Waals surface area contributed by atoms with Crippen molar-refractivity contribution in [1.82, 2.24) is 0 Å². The van der Waals surface area contributed by atoms with E-state index in [0.29, 0.717) is 26.2 Å². The Bertz CT molecular complexity index is 248. The average molecular weight is 289 g/mol. The van der Waals surface area contributed by atoms with E-state index in [-0.39, 0.29) is 0 Å². The molecule has 0 radical (unpaired) electrons. The van der Waals surface area contributed by atoms with Crippen molar-refractivity contribution in [3.63, 3.8) is 0 Å². The minimum atomic E-state index is -0.626. The summed E-state index contributed by atoms with van der Waals surface area (Å²) < 4.78 is 11.3. The van der Waals surface area contributed by atoms with Gasteiger partial charge < -0.3 is 19.4 Å². The van der Waals surface area contributed by atoms with Crippen LogP contribution in [0.15, 0.2) is 5.16 Å². The van der Waals surface area contributed by atoms with Crippen LogP contribution in [0.3, 0.4) is 0 Å². The molecule has 0 bridgehead atoms. The number of ether oxygens (including phenoxy) is 2. The highest BCUT2D eigenvalue weighted by atomic mass is 16.6. The smallest absolute Gasteiger partial charge is 0.106 e. The maximum atomic E-state index is 10.0. The van der Waals surface area contributed by atoms with Crippen molar-refractivity contribution in [2.75, 3.05) is 26.9 Å². The number of aliphatic hydroxyl groups excluding tert-OH is 1. The Hall–Kier alpha value is -0.650. The molecule has 0 aliphatic carbocycles. The molecule has 0 spiro atoms. The predicted molar refractivity (Wildman–Crippen MR) is 81.1 cm³/mol. The van der Waals surface area contributed by atoms with E-state index in [9.17, 15) is 5.11 Å². The molecule has 2 atom stereocenters. The first-order valence-electron chi connectivity index (χ1n) is 7.55. The third-order valence-electron chi connectivity index (χ3n) is 2.95. The zero-order chi connectivity index (χ0) is 15.3. The molecule has 0 heterocycles. The van der Waals surface area contributed by atoms with Crippen LogP contribution >= 0.6 is 0 Å². The molecule has 0 fully saturated rings. The lowest BCUT2D eigenvalue weighted by Crippen LogP contribution is -2.37. The van der Waals surface area contributed by atoms with Crippen molar-refractivity contribution in [1.29, 1.82) is 0 Å². The summed E-state index contributed by atoms with van der Waals surface area (Å²) in [6, 6.07) is 0. The van der Waals surface area contributed by atoms with Crippen LogP contribution in [0.4, 0.5) is 0 Å². The maximum absolute atomic E-state index is 10.0. The molecule has 0 aliphatic heterocycles. The number of hydrogen-bond donors (Lipinski definition) is 1. The summed E-state index contributed by atoms with van der Waals surface area (Å²) in [7, 11) is 1.49. The molecule has 0 aromatic rings. The Morgan fingerprint density at radius 3 is 2.45 bits per heavy atom. The molecular formula is C15H31NO4. The predicted octanol–water partition coefficient (Wildman–Crippen LogP) is 2.76. The van der Waals surface area contributed by atoms with E-state index < -0.39 is 11.7 Å². The molecule has 120 valence electrons. The first-order chi connectivity index (χ1) is 9.58. The second kappa shape index (κ2) is 12.1. The van der Waals surface area contributed by atoms with Crippen LogP contribution in [0.1, 0.15) is 52.9 Å². The number of unbranched alkanes of at least 4 members (excludes halogenated alkanes) is 2. The lowest BCUT2D eigenvalue weighted by atomic mass is 10.00. The van der Waals surface area contributed by atoms with Crippen molar-refractivity contribution in [3.05, 3.63) is 0 Å². The number of hydrogen-bond acceptors (Lipinski definition) is 5. The highest BCUT2D eigenvalue weighted by Crippen LogP contribution is 2.17. The fraction of sp³-hybridized carbons (Fsp3) is 0.933. The number of aliphatic hydroxyl groups is 1. The van der Waals surface area contributed by atoms with E-state index in [1.54, 1.807) is 6.21 Å². The van der Waals surface area contributed by atoms with Crippen LogP contribution < -0.4 is 0 Å². The largest absolute Gasteiger partial charge is 0.399 e. The zero-order valence-electron chi connectivity index (χ0n) is 13.4. The van der Waals surface area contributed by atoms with Gasteiger partial charge in [0.2, 0.25) is 0 Å². The Morgan fingerprint density at radius 1 is 1.20 bits per heavy atom. The lowest BCUT2D eigenvalue weighted by molar-refractivity contribution is -0.0387. The van der Waals surface area contributed by atoms with Crippen LogP contribution in [0.25, 0.3) is 0 Å². The fourth-order valence-electron chi connectivity index (χ4n) is 1.76. The van der Waals surface area contributed by atoms with E-state index in [4.69, 9.17) is 14.3 Å². The third kappa shape index (κ3) is 10.2. The number of rotatable bonds is 13. The van der Waals surface area contributed by atoms with E-state index in [0.717, 1.165) is 25.7 Å². The molecule has 20 heavy (non-hydrogen) atoms. The van der Waals surface area contributed by atoms with Gasteiger partial charge in [0, 0.05) is 19.6 Å². The van der Waals surface area contributed by atoms with Gasteiger partial charge >= 0.3 is 0 Å². The molecule has 0 saturated heterocycles. The fourth-order valence-corrected chi connectivity index (χ4v) is 1.76. The quantitative estimate of drug-likeness (QED) is 0.322. The third-order valence-corrected chi connectivity index (χ3v) is 2.95. The number of oxime groups is 1. The highest BCUT2D eigenvalue weighted by Gasteiger charge is 2.27. The van der Waals surface area contributed by atoms with Crippen LogP contribution in [0.2, 0.25) is 0 Å². The SMILES string of the molecule is CCCCOC[C@@H](O)C[C@](C)(/C=N/OC)OCCCC. The van der Waals surface area contributed by atoms with Crippen molar-refractivity contribution in [2.45, 2.75) is 64.6 Å². The molecule has 0 saturated carbocycles. The van der Waals surface area contributed by atoms with Gasteiger partial charge in [0.1, 0.15) is 12.7 Å². The molecular weight excluding hydrogens is 258 g/mol. The summed E-state index contributed by atoms with van der Waals surface area (Å²) in [6.07, 6.45) is 5.64. The number of nitrogens with zero attached hydrogens (tertiary/aromatic N) is 1. The van der Waals surface area contributed by atoms with Gasteiger partial charge in [-0.1, -0.05) is 31.8 Å². The average Bonchev–Trinajstić information content (AvgIpc) is 2.42. The Balaban J connectivity index is 4.21. The Morgan fingerprint density at radius 2 is 1.85 bits per heavy atom. The van der Waals surface area contributed by atoms with Gasteiger partial charge in [-0.3, -0.25) is 0 Å². The summed E-state index contributed by atoms with van der Waals surface area (Å²) in [5.74, 6) is 0. The van der Waals surface area contributed by atoms with Gasteiger partial charge in [-0.05, 0) is 19.8 Å². The molecule has 5 heteroatoms. The van der Waals surface area contributed by atoms with Gasteiger partial charge in [-0.25, -0.2) is 0 Å². The van der Waals surface area contributed by atoms with Crippen LogP contribution in [0.5, 0.6) is 0 Å². The van der Waals surface area contributed by atoms with Crippen molar-refractivity contribution in [2.24, 2.45) is 5.16 Å². The van der Waals surface area contributed by atoms with Crippen LogP contribution in [-0.4, -0.2) is 50.0 Å². The van der Waals surface area contributed by atoms with Gasteiger partial charge in [-0.15, -0.1) is 0 Å². The first kappa shape index (κ1) is 19.4. The highest BCUT2D eigenvalue weighted by molar-refractivity contribution is 5.67. The van der Waals surface area contributed by atoms with Crippen molar-refractivity contribution in [3.8, 4) is 0 Å². The topological polar surface area (TPSA) is 60.3 Å². The molecule has 0 aromatic carbocycles. The van der Waals surface area contributed by atoms with Crippen LogP contribution in [0, 0.1) is 0 Å². The first-order valence-corrected chi connectivity index (χ1v) is 7.55. The second-order valence-corrected chi connectivity index (χ2v) is 5.22. The van der Waals surface area contributed by atoms with Gasteiger partial charge in [0.15, 0.2) is 0 Å². The van der Waals surface area contributed by atoms with Gasteiger partial charge in [0.05, 0.1) is 18.9 Å². The van der Waals surface area contributed by atoms with Crippen molar-refractivity contribution < 1.29 is 19.4 Å². The molecule has 1 N–H and O–H groups in total. The van der Waals surface area contributed by atoms with Gasteiger partial charge in [0.25, 0.3) is 0 Å². The standard InChI is InChI=1S/C15H31NO4/c1-5-7-9-19-12-14(17)11-15(3,13-16-18-4)20-10-8-6-2/h13-14,17H,5-12H2,1-4H3/b16-13+/t14-,15+/m0/s1. The minimum Gasteiger partial charge on any atom is -0.399 e. The molecule has 0 aliphatic rings. The summed E-state index contributed by atoms with van der Waals surface area (Å²) >= 11 is 0. The van der Waals surface area contributed by atoms with E-state index in [1.807, 2.05) is 6.92 Å². The summed E-state index contributed by atoms with van der Waals surface area (Å²) in [4.78, 5) is 4.72. The van der Waals surface area contributed by atoms with Crippen LogP contribution in [-0.2, 0) is 14.3 Å². The zero-order valence-corrected chi connectivity index (χ0v) is 13.4. The molecule has 5 nitrogen and oxygen atoms in total. The minimum absolute atomic E-state index is 0.327. The molecule has 0 unspecified atom stereocenters. The molecule has 0 amide bonds. The maximum Gasteiger partial charge on any atom is 0.106 e.